The summed E-state index contributed by atoms with van der Waals surface area (Å²) in [4.78, 5) is 12.5. The Bertz CT molecular complexity index is 917. The Morgan fingerprint density at radius 1 is 1.11 bits per heavy atom. The molecule has 2 heterocycles. The molecule has 0 atom stereocenters. The van der Waals surface area contributed by atoms with Crippen LogP contribution in [0.2, 0.25) is 0 Å². The lowest BCUT2D eigenvalue weighted by molar-refractivity contribution is -0.120. The van der Waals surface area contributed by atoms with Crippen molar-refractivity contribution in [2.45, 2.75) is 49.2 Å². The van der Waals surface area contributed by atoms with Crippen LogP contribution in [0.3, 0.4) is 0 Å². The van der Waals surface area contributed by atoms with E-state index in [4.69, 9.17) is 0 Å². The molecule has 1 fully saturated rings. The predicted octanol–water partition coefficient (Wildman–Crippen LogP) is 4.41. The molecule has 2 aliphatic rings. The third-order valence-electron chi connectivity index (χ3n) is 5.44. The molecular formula is C20H24N2O3S2. The van der Waals surface area contributed by atoms with Gasteiger partial charge in [0.05, 0.1) is 5.69 Å². The molecule has 0 bridgehead atoms. The van der Waals surface area contributed by atoms with Crippen LogP contribution in [0.5, 0.6) is 0 Å². The van der Waals surface area contributed by atoms with Gasteiger partial charge in [-0.1, -0.05) is 25.3 Å². The van der Waals surface area contributed by atoms with Crippen LogP contribution >= 0.6 is 11.3 Å². The largest absolute Gasteiger partial charge is 0.326 e. The van der Waals surface area contributed by atoms with Crippen LogP contribution in [0.15, 0.2) is 39.9 Å². The average Bonchev–Trinajstić information content (AvgIpc) is 3.24. The second-order valence-corrected chi connectivity index (χ2v) is 10.3. The molecule has 1 aliphatic heterocycles. The molecule has 7 heteroatoms. The summed E-state index contributed by atoms with van der Waals surface area (Å²) in [5, 5.41) is 4.82. The zero-order valence-corrected chi connectivity index (χ0v) is 16.8. The van der Waals surface area contributed by atoms with Crippen molar-refractivity contribution in [3.8, 4) is 0 Å². The van der Waals surface area contributed by atoms with Crippen molar-refractivity contribution in [1.82, 2.24) is 0 Å². The number of sulfonamides is 1. The van der Waals surface area contributed by atoms with Crippen LogP contribution in [0.25, 0.3) is 0 Å². The topological polar surface area (TPSA) is 66.5 Å². The Morgan fingerprint density at radius 3 is 2.67 bits per heavy atom. The zero-order chi connectivity index (χ0) is 18.9. The highest BCUT2D eigenvalue weighted by atomic mass is 32.2. The van der Waals surface area contributed by atoms with E-state index in [1.165, 1.54) is 22.1 Å². The first-order valence-corrected chi connectivity index (χ1v) is 11.9. The minimum Gasteiger partial charge on any atom is -0.326 e. The Kier molecular flexibility index (Phi) is 5.23. The number of fused-ring (bicyclic) bond motifs is 1. The number of aryl methyl sites for hydroxylation is 1. The Balaban J connectivity index is 1.56. The fourth-order valence-electron chi connectivity index (χ4n) is 4.02. The minimum atomic E-state index is -3.52. The van der Waals surface area contributed by atoms with Gasteiger partial charge in [-0.3, -0.25) is 9.10 Å². The summed E-state index contributed by atoms with van der Waals surface area (Å²) in [6.45, 7) is 0.487. The highest BCUT2D eigenvalue weighted by Gasteiger charge is 2.30. The van der Waals surface area contributed by atoms with Crippen LogP contribution in [0.1, 0.15) is 44.1 Å². The first-order chi connectivity index (χ1) is 13.1. The van der Waals surface area contributed by atoms with E-state index in [9.17, 15) is 13.2 Å². The van der Waals surface area contributed by atoms with Crippen molar-refractivity contribution in [2.24, 2.45) is 5.92 Å². The summed E-state index contributed by atoms with van der Waals surface area (Å²) < 4.78 is 27.8. The van der Waals surface area contributed by atoms with E-state index in [2.05, 4.69) is 5.32 Å². The number of nitrogens with zero attached hydrogens (tertiary/aromatic N) is 1. The van der Waals surface area contributed by atoms with Gasteiger partial charge in [0, 0.05) is 18.2 Å². The predicted molar refractivity (Wildman–Crippen MR) is 109 cm³/mol. The van der Waals surface area contributed by atoms with E-state index in [0.29, 0.717) is 10.8 Å². The summed E-state index contributed by atoms with van der Waals surface area (Å²) in [5.74, 6) is 0.194. The van der Waals surface area contributed by atoms with E-state index < -0.39 is 10.0 Å². The molecule has 1 amide bonds. The SMILES string of the molecule is O=C(Nc1ccc2c(c1)CCCN2S(=O)(=O)c1cccs1)C1CCCCC1. The lowest BCUT2D eigenvalue weighted by atomic mass is 9.88. The highest BCUT2D eigenvalue weighted by Crippen LogP contribution is 2.35. The molecule has 4 rings (SSSR count). The molecule has 1 aliphatic carbocycles. The Labute approximate surface area is 164 Å². The van der Waals surface area contributed by atoms with E-state index in [0.717, 1.165) is 55.5 Å². The molecular weight excluding hydrogens is 380 g/mol. The van der Waals surface area contributed by atoms with Gasteiger partial charge >= 0.3 is 0 Å². The maximum absolute atomic E-state index is 12.9. The maximum Gasteiger partial charge on any atom is 0.273 e. The molecule has 0 spiro atoms. The highest BCUT2D eigenvalue weighted by molar-refractivity contribution is 7.94. The van der Waals surface area contributed by atoms with Crippen LogP contribution in [0.4, 0.5) is 11.4 Å². The molecule has 0 saturated heterocycles. The lowest BCUT2D eigenvalue weighted by Crippen LogP contribution is -2.35. The molecule has 2 aromatic rings. The van der Waals surface area contributed by atoms with Gasteiger partial charge in [0.2, 0.25) is 5.91 Å². The molecule has 1 N–H and O–H groups in total. The van der Waals surface area contributed by atoms with Crippen molar-refractivity contribution >= 4 is 38.6 Å². The normalized spacial score (nSPS) is 18.1. The fraction of sp³-hybridized carbons (Fsp3) is 0.450. The molecule has 27 heavy (non-hydrogen) atoms. The lowest BCUT2D eigenvalue weighted by Gasteiger charge is -2.30. The third-order valence-corrected chi connectivity index (χ3v) is 8.62. The molecule has 144 valence electrons. The van der Waals surface area contributed by atoms with Gasteiger partial charge in [-0.25, -0.2) is 8.42 Å². The molecule has 0 radical (unpaired) electrons. The molecule has 5 nitrogen and oxygen atoms in total. The van der Waals surface area contributed by atoms with Crippen molar-refractivity contribution in [1.29, 1.82) is 0 Å². The van der Waals surface area contributed by atoms with E-state index in [1.807, 2.05) is 18.2 Å². The number of hydrogen-bond donors (Lipinski definition) is 1. The summed E-state index contributed by atoms with van der Waals surface area (Å²) in [5.41, 5.74) is 2.47. The fourth-order valence-corrected chi connectivity index (χ4v) is 6.66. The Morgan fingerprint density at radius 2 is 1.93 bits per heavy atom. The second kappa shape index (κ2) is 7.64. The van der Waals surface area contributed by atoms with Crippen LogP contribution in [-0.4, -0.2) is 20.9 Å². The van der Waals surface area contributed by atoms with Crippen LogP contribution in [0, 0.1) is 5.92 Å². The average molecular weight is 405 g/mol. The number of carbonyl (C=O) groups is 1. The van der Waals surface area contributed by atoms with Crippen molar-refractivity contribution in [3.05, 3.63) is 41.3 Å². The Hall–Kier alpha value is -1.86. The van der Waals surface area contributed by atoms with Crippen molar-refractivity contribution in [2.75, 3.05) is 16.2 Å². The van der Waals surface area contributed by atoms with Gasteiger partial charge in [0.25, 0.3) is 10.0 Å². The van der Waals surface area contributed by atoms with Crippen molar-refractivity contribution in [3.63, 3.8) is 0 Å². The van der Waals surface area contributed by atoms with Gasteiger partial charge in [-0.2, -0.15) is 0 Å². The van der Waals surface area contributed by atoms with Gasteiger partial charge in [-0.15, -0.1) is 11.3 Å². The molecule has 1 saturated carbocycles. The standard InChI is InChI=1S/C20H24N2O3S2/c23-20(15-6-2-1-3-7-15)21-17-10-11-18-16(14-17)8-4-12-22(18)27(24,25)19-9-5-13-26-19/h5,9-11,13-15H,1-4,6-8,12H2,(H,21,23). The summed E-state index contributed by atoms with van der Waals surface area (Å²) in [7, 11) is -3.52. The van der Waals surface area contributed by atoms with Crippen molar-refractivity contribution < 1.29 is 13.2 Å². The number of nitrogens with one attached hydrogen (secondary N) is 1. The first-order valence-electron chi connectivity index (χ1n) is 9.56. The third kappa shape index (κ3) is 3.75. The van der Waals surface area contributed by atoms with Gasteiger partial charge in [0.1, 0.15) is 4.21 Å². The number of thiophene rings is 1. The van der Waals surface area contributed by atoms with Gasteiger partial charge in [0.15, 0.2) is 0 Å². The zero-order valence-electron chi connectivity index (χ0n) is 15.2. The molecule has 1 aromatic heterocycles. The van der Waals surface area contributed by atoms with Gasteiger partial charge < -0.3 is 5.32 Å². The molecule has 0 unspecified atom stereocenters. The smallest absolute Gasteiger partial charge is 0.273 e. The van der Waals surface area contributed by atoms with E-state index >= 15 is 0 Å². The van der Waals surface area contributed by atoms with Crippen LogP contribution < -0.4 is 9.62 Å². The molecule has 1 aromatic carbocycles. The first kappa shape index (κ1) is 18.5. The van der Waals surface area contributed by atoms with Crippen LogP contribution in [-0.2, 0) is 21.2 Å². The number of anilines is 2. The minimum absolute atomic E-state index is 0.0912. The maximum atomic E-state index is 12.9. The monoisotopic (exact) mass is 404 g/mol. The number of carbonyl (C=O) groups excluding carboxylic acids is 1. The quantitative estimate of drug-likeness (QED) is 0.821. The van der Waals surface area contributed by atoms with E-state index in [-0.39, 0.29) is 11.8 Å². The number of rotatable bonds is 4. The number of hydrogen-bond acceptors (Lipinski definition) is 4. The van der Waals surface area contributed by atoms with Gasteiger partial charge in [-0.05, 0) is 60.9 Å². The summed E-state index contributed by atoms with van der Waals surface area (Å²) in [6, 6.07) is 8.99. The number of amides is 1. The second-order valence-electron chi connectivity index (χ2n) is 7.28. The number of benzene rings is 1. The van der Waals surface area contributed by atoms with E-state index in [1.54, 1.807) is 17.5 Å². The summed E-state index contributed by atoms with van der Waals surface area (Å²) in [6.07, 6.45) is 6.98. The summed E-state index contributed by atoms with van der Waals surface area (Å²) >= 11 is 1.24.